The predicted octanol–water partition coefficient (Wildman–Crippen LogP) is 3.12. The van der Waals surface area contributed by atoms with Gasteiger partial charge in [-0.1, -0.05) is 6.92 Å². The minimum atomic E-state index is -0.906. The molecule has 0 radical (unpaired) electrons. The van der Waals surface area contributed by atoms with E-state index in [9.17, 15) is 8.78 Å². The summed E-state index contributed by atoms with van der Waals surface area (Å²) in [5.74, 6) is -1.49. The Balaban J connectivity index is 2.11. The molecule has 0 bridgehead atoms. The van der Waals surface area contributed by atoms with Gasteiger partial charge in [-0.25, -0.2) is 13.8 Å². The molecule has 0 amide bonds. The average Bonchev–Trinajstić information content (AvgIpc) is 2.82. The first kappa shape index (κ1) is 12.7. The molecule has 0 saturated heterocycles. The molecule has 1 heterocycles. The molecule has 1 aromatic carbocycles. The number of benzene rings is 1. The Morgan fingerprint density at radius 2 is 2.11 bits per heavy atom. The lowest BCUT2D eigenvalue weighted by Crippen LogP contribution is -2.13. The SMILES string of the molecule is CCCNCc1coc(-c2ccc(F)c(F)c2)n1. The van der Waals surface area contributed by atoms with Gasteiger partial charge in [0.25, 0.3) is 0 Å². The molecule has 0 atom stereocenters. The summed E-state index contributed by atoms with van der Waals surface area (Å²) in [7, 11) is 0. The van der Waals surface area contributed by atoms with Gasteiger partial charge in [0.2, 0.25) is 5.89 Å². The minimum absolute atomic E-state index is 0.294. The molecule has 2 rings (SSSR count). The van der Waals surface area contributed by atoms with Crippen molar-refractivity contribution in [3.05, 3.63) is 41.8 Å². The van der Waals surface area contributed by atoms with E-state index >= 15 is 0 Å². The first-order valence-electron chi connectivity index (χ1n) is 5.81. The molecule has 0 unspecified atom stereocenters. The summed E-state index contributed by atoms with van der Waals surface area (Å²) in [5, 5.41) is 3.18. The van der Waals surface area contributed by atoms with Crippen molar-refractivity contribution < 1.29 is 13.2 Å². The number of hydrogen-bond donors (Lipinski definition) is 1. The zero-order valence-electron chi connectivity index (χ0n) is 10.0. The van der Waals surface area contributed by atoms with Gasteiger partial charge in [0.05, 0.1) is 5.69 Å². The molecule has 0 fully saturated rings. The highest BCUT2D eigenvalue weighted by molar-refractivity contribution is 5.53. The molecule has 0 aliphatic heterocycles. The van der Waals surface area contributed by atoms with Gasteiger partial charge >= 0.3 is 0 Å². The normalized spacial score (nSPS) is 10.8. The van der Waals surface area contributed by atoms with E-state index in [1.807, 2.05) is 0 Å². The van der Waals surface area contributed by atoms with E-state index in [1.165, 1.54) is 12.3 Å². The second-order valence-corrected chi connectivity index (χ2v) is 3.95. The monoisotopic (exact) mass is 252 g/mol. The maximum Gasteiger partial charge on any atom is 0.226 e. The lowest BCUT2D eigenvalue weighted by molar-refractivity contribution is 0.507. The van der Waals surface area contributed by atoms with Crippen LogP contribution >= 0.6 is 0 Å². The van der Waals surface area contributed by atoms with Crippen LogP contribution in [0.25, 0.3) is 11.5 Å². The maximum atomic E-state index is 13.1. The Kier molecular flexibility index (Phi) is 4.04. The van der Waals surface area contributed by atoms with Crippen LogP contribution in [0.5, 0.6) is 0 Å². The quantitative estimate of drug-likeness (QED) is 0.831. The van der Waals surface area contributed by atoms with Crippen molar-refractivity contribution in [1.82, 2.24) is 10.3 Å². The van der Waals surface area contributed by atoms with Crippen LogP contribution in [0.1, 0.15) is 19.0 Å². The number of oxazole rings is 1. The van der Waals surface area contributed by atoms with Crippen molar-refractivity contribution in [3.8, 4) is 11.5 Å². The first-order chi connectivity index (χ1) is 8.70. The van der Waals surface area contributed by atoms with E-state index < -0.39 is 11.6 Å². The van der Waals surface area contributed by atoms with Crippen molar-refractivity contribution in [2.24, 2.45) is 0 Å². The Labute approximate surface area is 104 Å². The van der Waals surface area contributed by atoms with Crippen LogP contribution in [-0.2, 0) is 6.54 Å². The van der Waals surface area contributed by atoms with Gasteiger partial charge in [-0.2, -0.15) is 0 Å². The maximum absolute atomic E-state index is 13.1. The van der Waals surface area contributed by atoms with Gasteiger partial charge in [0.15, 0.2) is 11.6 Å². The van der Waals surface area contributed by atoms with Crippen LogP contribution < -0.4 is 5.32 Å². The minimum Gasteiger partial charge on any atom is -0.444 e. The summed E-state index contributed by atoms with van der Waals surface area (Å²) in [6.45, 7) is 3.57. The zero-order valence-corrected chi connectivity index (χ0v) is 10.0. The van der Waals surface area contributed by atoms with Gasteiger partial charge in [-0.3, -0.25) is 0 Å². The second kappa shape index (κ2) is 5.73. The van der Waals surface area contributed by atoms with E-state index in [4.69, 9.17) is 4.42 Å². The van der Waals surface area contributed by atoms with Crippen LogP contribution in [-0.4, -0.2) is 11.5 Å². The van der Waals surface area contributed by atoms with E-state index in [1.54, 1.807) is 0 Å². The summed E-state index contributed by atoms with van der Waals surface area (Å²) in [4.78, 5) is 4.20. The van der Waals surface area contributed by atoms with Crippen LogP contribution in [0.4, 0.5) is 8.78 Å². The van der Waals surface area contributed by atoms with Crippen LogP contribution in [0.3, 0.4) is 0 Å². The van der Waals surface area contributed by atoms with Gasteiger partial charge in [-0.05, 0) is 31.2 Å². The summed E-state index contributed by atoms with van der Waals surface area (Å²) >= 11 is 0. The Morgan fingerprint density at radius 3 is 2.83 bits per heavy atom. The fourth-order valence-corrected chi connectivity index (χ4v) is 1.54. The highest BCUT2D eigenvalue weighted by Gasteiger charge is 2.09. The molecule has 96 valence electrons. The molecule has 0 aliphatic carbocycles. The molecule has 1 aromatic heterocycles. The molecule has 2 aromatic rings. The smallest absolute Gasteiger partial charge is 0.226 e. The fraction of sp³-hybridized carbons (Fsp3) is 0.308. The molecule has 1 N–H and O–H groups in total. The van der Waals surface area contributed by atoms with Gasteiger partial charge in [0, 0.05) is 12.1 Å². The van der Waals surface area contributed by atoms with Crippen molar-refractivity contribution in [3.63, 3.8) is 0 Å². The Morgan fingerprint density at radius 1 is 1.28 bits per heavy atom. The molecule has 18 heavy (non-hydrogen) atoms. The van der Waals surface area contributed by atoms with Crippen molar-refractivity contribution in [1.29, 1.82) is 0 Å². The van der Waals surface area contributed by atoms with Crippen molar-refractivity contribution in [2.75, 3.05) is 6.54 Å². The molecule has 5 heteroatoms. The van der Waals surface area contributed by atoms with Crippen molar-refractivity contribution in [2.45, 2.75) is 19.9 Å². The topological polar surface area (TPSA) is 38.1 Å². The van der Waals surface area contributed by atoms with E-state index in [0.717, 1.165) is 30.8 Å². The third-order valence-electron chi connectivity index (χ3n) is 2.45. The van der Waals surface area contributed by atoms with Crippen LogP contribution in [0.15, 0.2) is 28.9 Å². The standard InChI is InChI=1S/C13H14F2N2O/c1-2-5-16-7-10-8-18-13(17-10)9-3-4-11(14)12(15)6-9/h3-4,6,8,16H,2,5,7H2,1H3. The zero-order chi connectivity index (χ0) is 13.0. The summed E-state index contributed by atoms with van der Waals surface area (Å²) in [6, 6.07) is 3.57. The average molecular weight is 252 g/mol. The van der Waals surface area contributed by atoms with Gasteiger partial charge < -0.3 is 9.73 Å². The van der Waals surface area contributed by atoms with Crippen LogP contribution in [0.2, 0.25) is 0 Å². The molecule has 0 spiro atoms. The molecule has 3 nitrogen and oxygen atoms in total. The number of halogens is 2. The summed E-state index contributed by atoms with van der Waals surface area (Å²) < 4.78 is 31.1. The van der Waals surface area contributed by atoms with Gasteiger partial charge in [-0.15, -0.1) is 0 Å². The highest BCUT2D eigenvalue weighted by atomic mass is 19.2. The molecular weight excluding hydrogens is 238 g/mol. The lowest BCUT2D eigenvalue weighted by Gasteiger charge is -1.98. The summed E-state index contributed by atoms with van der Waals surface area (Å²) in [6.07, 6.45) is 2.55. The van der Waals surface area contributed by atoms with E-state index in [2.05, 4.69) is 17.2 Å². The highest BCUT2D eigenvalue weighted by Crippen LogP contribution is 2.20. The third-order valence-corrected chi connectivity index (χ3v) is 2.45. The molecular formula is C13H14F2N2O. The lowest BCUT2D eigenvalue weighted by atomic mass is 10.2. The number of hydrogen-bond acceptors (Lipinski definition) is 3. The fourth-order valence-electron chi connectivity index (χ4n) is 1.54. The van der Waals surface area contributed by atoms with E-state index in [0.29, 0.717) is 18.0 Å². The third kappa shape index (κ3) is 2.92. The molecule has 0 saturated carbocycles. The number of nitrogens with one attached hydrogen (secondary N) is 1. The molecule has 0 aliphatic rings. The first-order valence-corrected chi connectivity index (χ1v) is 5.81. The Bertz CT molecular complexity index is 525. The predicted molar refractivity (Wildman–Crippen MR) is 63.9 cm³/mol. The van der Waals surface area contributed by atoms with Crippen LogP contribution in [0, 0.1) is 11.6 Å². The van der Waals surface area contributed by atoms with Gasteiger partial charge in [0.1, 0.15) is 6.26 Å². The largest absolute Gasteiger partial charge is 0.444 e. The number of nitrogens with zero attached hydrogens (tertiary/aromatic N) is 1. The number of aromatic nitrogens is 1. The number of rotatable bonds is 5. The Hall–Kier alpha value is -1.75. The second-order valence-electron chi connectivity index (χ2n) is 3.95. The van der Waals surface area contributed by atoms with Crippen molar-refractivity contribution >= 4 is 0 Å². The van der Waals surface area contributed by atoms with E-state index in [-0.39, 0.29) is 0 Å². The summed E-state index contributed by atoms with van der Waals surface area (Å²) in [5.41, 5.74) is 1.17.